The third-order valence-electron chi connectivity index (χ3n) is 11.7. The van der Waals surface area contributed by atoms with Crippen LogP contribution in [0, 0.1) is 0 Å². The predicted octanol–water partition coefficient (Wildman–Crippen LogP) is 10.7. The van der Waals surface area contributed by atoms with Gasteiger partial charge in [0, 0.05) is 47.1 Å². The average molecular weight is 990 g/mol. The Morgan fingerprint density at radius 3 is 1.24 bits per heavy atom. The van der Waals surface area contributed by atoms with E-state index in [1.807, 2.05) is 97.1 Å². The molecule has 370 valence electrons. The summed E-state index contributed by atoms with van der Waals surface area (Å²) in [7, 11) is 0. The fraction of sp³-hybridized carbons (Fsp3) is 0.345. The Morgan fingerprint density at radius 1 is 0.457 bits per heavy atom. The lowest BCUT2D eigenvalue weighted by molar-refractivity contribution is -0.168. The van der Waals surface area contributed by atoms with Crippen LogP contribution in [0.15, 0.2) is 158 Å². The zero-order valence-corrected chi connectivity index (χ0v) is 41.8. The van der Waals surface area contributed by atoms with Gasteiger partial charge in [0.2, 0.25) is 0 Å². The number of hydrogen-bond acceptors (Lipinski definition) is 10. The standard InChI is InChI=1S/C58H66Cl2N2O8/c1-43(35-47-19-23-55(24-20-47)67-33-31-65-29-27-45-11-5-3-6-12-45)61-39-51(49-15-9-17-53(59)37-49)41-69-57(63)58(64)70-42-52(50-16-10-18-54(60)38-50)40-62-44(2)36-48-21-25-56(26-22-48)68-34-32-66-30-28-46-13-7-4-8-14-46/h3-26,37-38,43-44,51-52,61-62H,27-36,39-42H2,1-2H3/t43-,44-,51+,52+/m1/s1. The second-order valence-corrected chi connectivity index (χ2v) is 18.3. The number of carbonyl (C=O) groups is 2. The zero-order valence-electron chi connectivity index (χ0n) is 40.2. The molecule has 0 aliphatic rings. The van der Waals surface area contributed by atoms with E-state index >= 15 is 0 Å². The van der Waals surface area contributed by atoms with Crippen molar-refractivity contribution < 1.29 is 38.0 Å². The van der Waals surface area contributed by atoms with Gasteiger partial charge in [0.05, 0.1) is 39.6 Å². The van der Waals surface area contributed by atoms with E-state index in [9.17, 15) is 9.59 Å². The SMILES string of the molecule is C[C@H](Cc1ccc(OCCOCCc2ccccc2)cc1)NC[C@@H](COC(=O)C(=O)OC[C@H](CN[C@H](C)Cc1ccc(OCCOCCc2ccccc2)cc1)c1cccc(Cl)c1)c1cccc(Cl)c1. The number of rotatable bonds is 30. The largest absolute Gasteiger partial charge is 0.491 e. The summed E-state index contributed by atoms with van der Waals surface area (Å²) in [5.74, 6) is -1.11. The molecular weight excluding hydrogens is 924 g/mol. The molecule has 0 fully saturated rings. The van der Waals surface area contributed by atoms with Crippen molar-refractivity contribution in [1.82, 2.24) is 10.6 Å². The molecule has 0 bridgehead atoms. The number of nitrogens with one attached hydrogen (secondary N) is 2. The summed E-state index contributed by atoms with van der Waals surface area (Å²) in [5, 5.41) is 8.28. The molecule has 0 aromatic heterocycles. The molecule has 0 spiro atoms. The molecule has 0 heterocycles. The van der Waals surface area contributed by atoms with Gasteiger partial charge in [-0.2, -0.15) is 0 Å². The van der Waals surface area contributed by atoms with E-state index in [0.717, 1.165) is 59.4 Å². The van der Waals surface area contributed by atoms with Gasteiger partial charge in [-0.1, -0.05) is 132 Å². The van der Waals surface area contributed by atoms with Crippen molar-refractivity contribution in [2.45, 2.75) is 63.5 Å². The van der Waals surface area contributed by atoms with E-state index in [0.29, 0.717) is 62.8 Å². The quantitative estimate of drug-likeness (QED) is 0.0257. The molecule has 0 aliphatic heterocycles. The first kappa shape index (κ1) is 53.6. The van der Waals surface area contributed by atoms with E-state index < -0.39 is 11.9 Å². The van der Waals surface area contributed by atoms with E-state index in [2.05, 4.69) is 73.0 Å². The monoisotopic (exact) mass is 988 g/mol. The minimum absolute atomic E-state index is 0.0521. The van der Waals surface area contributed by atoms with Crippen molar-refractivity contribution >= 4 is 35.1 Å². The summed E-state index contributed by atoms with van der Waals surface area (Å²) in [6.07, 6.45) is 3.26. The lowest BCUT2D eigenvalue weighted by atomic mass is 9.99. The average Bonchev–Trinajstić information content (AvgIpc) is 3.37. The van der Waals surface area contributed by atoms with Gasteiger partial charge in [-0.05, 0) is 121 Å². The predicted molar refractivity (Wildman–Crippen MR) is 278 cm³/mol. The van der Waals surface area contributed by atoms with Crippen LogP contribution in [0.4, 0.5) is 0 Å². The molecule has 2 N–H and O–H groups in total. The van der Waals surface area contributed by atoms with Crippen LogP contribution in [0.2, 0.25) is 10.0 Å². The van der Waals surface area contributed by atoms with Crippen LogP contribution in [-0.4, -0.2) is 90.0 Å². The van der Waals surface area contributed by atoms with Crippen molar-refractivity contribution in [3.8, 4) is 11.5 Å². The molecule has 12 heteroatoms. The maximum atomic E-state index is 13.2. The summed E-state index contributed by atoms with van der Waals surface area (Å²) >= 11 is 12.8. The normalized spacial score (nSPS) is 12.9. The topological polar surface area (TPSA) is 114 Å². The summed E-state index contributed by atoms with van der Waals surface area (Å²) < 4.78 is 34.5. The first-order valence-corrected chi connectivity index (χ1v) is 24.9. The Labute approximate surface area is 423 Å². The van der Waals surface area contributed by atoms with Gasteiger partial charge in [0.15, 0.2) is 0 Å². The number of esters is 2. The second kappa shape index (κ2) is 30.1. The number of halogens is 2. The number of benzene rings is 6. The molecule has 70 heavy (non-hydrogen) atoms. The Balaban J connectivity index is 0.915. The van der Waals surface area contributed by atoms with Crippen molar-refractivity contribution in [1.29, 1.82) is 0 Å². The van der Waals surface area contributed by atoms with Crippen LogP contribution in [0.3, 0.4) is 0 Å². The minimum atomic E-state index is -1.06. The molecule has 0 saturated carbocycles. The number of hydrogen-bond donors (Lipinski definition) is 2. The maximum absolute atomic E-state index is 13.2. The van der Waals surface area contributed by atoms with Crippen molar-refractivity contribution in [3.05, 3.63) is 201 Å². The molecule has 0 unspecified atom stereocenters. The van der Waals surface area contributed by atoms with Gasteiger partial charge in [-0.25, -0.2) is 9.59 Å². The van der Waals surface area contributed by atoms with Gasteiger partial charge in [0.25, 0.3) is 0 Å². The highest BCUT2D eigenvalue weighted by molar-refractivity contribution is 6.31. The zero-order chi connectivity index (χ0) is 49.2. The molecule has 10 nitrogen and oxygen atoms in total. The molecule has 0 saturated heterocycles. The van der Waals surface area contributed by atoms with Crippen LogP contribution < -0.4 is 20.1 Å². The highest BCUT2D eigenvalue weighted by atomic mass is 35.5. The molecule has 0 radical (unpaired) electrons. The maximum Gasteiger partial charge on any atom is 0.417 e. The molecule has 0 aliphatic carbocycles. The van der Waals surface area contributed by atoms with Gasteiger partial charge in [0.1, 0.15) is 24.7 Å². The van der Waals surface area contributed by atoms with Crippen molar-refractivity contribution in [3.63, 3.8) is 0 Å². The van der Waals surface area contributed by atoms with Crippen LogP contribution in [-0.2, 0) is 54.2 Å². The van der Waals surface area contributed by atoms with Crippen molar-refractivity contribution in [2.75, 3.05) is 65.9 Å². The minimum Gasteiger partial charge on any atom is -0.491 e. The van der Waals surface area contributed by atoms with Crippen LogP contribution >= 0.6 is 23.2 Å². The number of carbonyl (C=O) groups excluding carboxylic acids is 2. The Morgan fingerprint density at radius 2 is 0.857 bits per heavy atom. The third kappa shape index (κ3) is 19.9. The fourth-order valence-electron chi connectivity index (χ4n) is 7.83. The van der Waals surface area contributed by atoms with E-state index in [1.54, 1.807) is 12.1 Å². The smallest absolute Gasteiger partial charge is 0.417 e. The lowest BCUT2D eigenvalue weighted by Gasteiger charge is -2.22. The highest BCUT2D eigenvalue weighted by Gasteiger charge is 2.24. The second-order valence-electron chi connectivity index (χ2n) is 17.4. The first-order valence-electron chi connectivity index (χ1n) is 24.1. The molecule has 6 aromatic carbocycles. The number of ether oxygens (including phenoxy) is 6. The Hall–Kier alpha value is -5.72. The fourth-order valence-corrected chi connectivity index (χ4v) is 8.23. The van der Waals surface area contributed by atoms with Crippen LogP contribution in [0.25, 0.3) is 0 Å². The van der Waals surface area contributed by atoms with Crippen LogP contribution in [0.5, 0.6) is 11.5 Å². The first-order chi connectivity index (χ1) is 34.2. The third-order valence-corrected chi connectivity index (χ3v) is 12.2. The summed E-state index contributed by atoms with van der Waals surface area (Å²) in [6.45, 7) is 8.33. The lowest BCUT2D eigenvalue weighted by Crippen LogP contribution is -2.35. The Bertz CT molecular complexity index is 2250. The summed E-state index contributed by atoms with van der Waals surface area (Å²) in [4.78, 5) is 26.3. The molecule has 0 amide bonds. The Kier molecular flexibility index (Phi) is 23.1. The van der Waals surface area contributed by atoms with Crippen molar-refractivity contribution in [2.24, 2.45) is 0 Å². The molecule has 6 aromatic rings. The van der Waals surface area contributed by atoms with Gasteiger partial charge >= 0.3 is 11.9 Å². The van der Waals surface area contributed by atoms with E-state index in [4.69, 9.17) is 51.6 Å². The molecule has 4 atom stereocenters. The van der Waals surface area contributed by atoms with Gasteiger partial charge in [-0.3, -0.25) is 0 Å². The van der Waals surface area contributed by atoms with E-state index in [1.165, 1.54) is 11.1 Å². The summed E-state index contributed by atoms with van der Waals surface area (Å²) in [6, 6.07) is 51.7. The molecule has 6 rings (SSSR count). The van der Waals surface area contributed by atoms with Gasteiger partial charge in [-0.15, -0.1) is 0 Å². The summed E-state index contributed by atoms with van der Waals surface area (Å²) in [5.41, 5.74) is 6.54. The van der Waals surface area contributed by atoms with Crippen LogP contribution in [0.1, 0.15) is 59.1 Å². The molecular formula is C58H66Cl2N2O8. The van der Waals surface area contributed by atoms with E-state index in [-0.39, 0.29) is 37.1 Å². The highest BCUT2D eigenvalue weighted by Crippen LogP contribution is 2.23. The van der Waals surface area contributed by atoms with Gasteiger partial charge < -0.3 is 39.1 Å².